The number of carboxylic acids is 1. The molecule has 0 heterocycles. The molecule has 4 N–H and O–H groups in total. The fourth-order valence-corrected chi connectivity index (χ4v) is 2.00. The first kappa shape index (κ1) is 13.9. The van der Waals surface area contributed by atoms with E-state index in [2.05, 4.69) is 17.4 Å². The van der Waals surface area contributed by atoms with Crippen LogP contribution in [0.15, 0.2) is 48.5 Å². The number of hydrogen-bond donors (Lipinski definition) is 3. The molecule has 0 saturated carbocycles. The molecule has 4 nitrogen and oxygen atoms in total. The molecule has 0 amide bonds. The van der Waals surface area contributed by atoms with Gasteiger partial charge in [0.05, 0.1) is 16.9 Å². The number of nitrogen functional groups attached to an aromatic ring is 1. The van der Waals surface area contributed by atoms with Crippen molar-refractivity contribution in [3.8, 4) is 0 Å². The molecule has 0 aliphatic heterocycles. The third-order valence-electron chi connectivity index (χ3n) is 3.10. The van der Waals surface area contributed by atoms with Gasteiger partial charge in [0, 0.05) is 6.54 Å². The van der Waals surface area contributed by atoms with Gasteiger partial charge in [-0.3, -0.25) is 0 Å². The molecular weight excluding hydrogens is 252 g/mol. The van der Waals surface area contributed by atoms with Crippen molar-refractivity contribution in [2.24, 2.45) is 0 Å². The largest absolute Gasteiger partial charge is 0.478 e. The minimum absolute atomic E-state index is 0.241. The number of anilines is 2. The summed E-state index contributed by atoms with van der Waals surface area (Å²) in [4.78, 5) is 10.9. The second kappa shape index (κ2) is 6.61. The molecule has 0 saturated heterocycles. The molecule has 0 aliphatic rings. The minimum Gasteiger partial charge on any atom is -0.478 e. The van der Waals surface area contributed by atoms with Crippen LogP contribution in [0.5, 0.6) is 0 Å². The molecule has 0 atom stereocenters. The zero-order valence-corrected chi connectivity index (χ0v) is 11.2. The monoisotopic (exact) mass is 270 g/mol. The molecule has 2 rings (SSSR count). The number of carboxylic acid groups (broad SMARTS) is 1. The molecule has 2 aromatic rings. The summed E-state index contributed by atoms with van der Waals surface area (Å²) in [7, 11) is 0. The lowest BCUT2D eigenvalue weighted by Gasteiger charge is -2.10. The molecule has 20 heavy (non-hydrogen) atoms. The van der Waals surface area contributed by atoms with Crippen LogP contribution in [0, 0.1) is 0 Å². The molecule has 0 unspecified atom stereocenters. The van der Waals surface area contributed by atoms with Crippen molar-refractivity contribution in [2.75, 3.05) is 17.6 Å². The van der Waals surface area contributed by atoms with E-state index in [9.17, 15) is 4.79 Å². The number of benzene rings is 2. The van der Waals surface area contributed by atoms with Crippen molar-refractivity contribution in [2.45, 2.75) is 12.8 Å². The van der Waals surface area contributed by atoms with Crippen LogP contribution < -0.4 is 11.1 Å². The number of nitrogens with one attached hydrogen (secondary N) is 1. The highest BCUT2D eigenvalue weighted by molar-refractivity contribution is 5.90. The Labute approximate surface area is 118 Å². The van der Waals surface area contributed by atoms with Crippen molar-refractivity contribution in [3.05, 3.63) is 59.7 Å². The highest BCUT2D eigenvalue weighted by Crippen LogP contribution is 2.20. The third-order valence-corrected chi connectivity index (χ3v) is 3.10. The van der Waals surface area contributed by atoms with Gasteiger partial charge in [0.15, 0.2) is 0 Å². The molecule has 0 radical (unpaired) electrons. The summed E-state index contributed by atoms with van der Waals surface area (Å²) in [5.41, 5.74) is 8.60. The van der Waals surface area contributed by atoms with E-state index in [0.29, 0.717) is 11.4 Å². The van der Waals surface area contributed by atoms with Crippen LogP contribution in [-0.2, 0) is 6.42 Å². The van der Waals surface area contributed by atoms with Crippen molar-refractivity contribution in [3.63, 3.8) is 0 Å². The van der Waals surface area contributed by atoms with E-state index in [1.54, 1.807) is 12.1 Å². The van der Waals surface area contributed by atoms with Crippen LogP contribution in [0.2, 0.25) is 0 Å². The summed E-state index contributed by atoms with van der Waals surface area (Å²) in [5, 5.41) is 12.1. The van der Waals surface area contributed by atoms with Crippen LogP contribution in [-0.4, -0.2) is 17.6 Å². The number of nitrogens with two attached hydrogens (primary N) is 1. The Morgan fingerprint density at radius 2 is 1.90 bits per heavy atom. The van der Waals surface area contributed by atoms with E-state index in [1.165, 1.54) is 11.6 Å². The van der Waals surface area contributed by atoms with Crippen LogP contribution in [0.25, 0.3) is 0 Å². The molecule has 0 bridgehead atoms. The molecule has 104 valence electrons. The van der Waals surface area contributed by atoms with Gasteiger partial charge in [0.1, 0.15) is 0 Å². The van der Waals surface area contributed by atoms with Gasteiger partial charge >= 0.3 is 5.97 Å². The standard InChI is InChI=1S/C16H18N2O2/c17-14-9-8-13(16(19)20)11-15(14)18-10-4-7-12-5-2-1-3-6-12/h1-3,5-6,8-9,11,18H,4,7,10,17H2,(H,19,20). The second-order valence-corrected chi connectivity index (χ2v) is 4.62. The van der Waals surface area contributed by atoms with Gasteiger partial charge in [-0.2, -0.15) is 0 Å². The maximum Gasteiger partial charge on any atom is 0.335 e. The number of hydrogen-bond acceptors (Lipinski definition) is 3. The van der Waals surface area contributed by atoms with Crippen LogP contribution >= 0.6 is 0 Å². The number of carbonyl (C=O) groups is 1. The van der Waals surface area contributed by atoms with Crippen LogP contribution in [0.4, 0.5) is 11.4 Å². The molecule has 2 aromatic carbocycles. The first-order valence-corrected chi connectivity index (χ1v) is 6.57. The van der Waals surface area contributed by atoms with E-state index in [1.807, 2.05) is 18.2 Å². The molecule has 4 heteroatoms. The maximum absolute atomic E-state index is 10.9. The molecule has 0 aromatic heterocycles. The van der Waals surface area contributed by atoms with E-state index in [-0.39, 0.29) is 5.56 Å². The zero-order valence-electron chi connectivity index (χ0n) is 11.2. The van der Waals surface area contributed by atoms with Crippen molar-refractivity contribution in [1.82, 2.24) is 0 Å². The Bertz CT molecular complexity index is 582. The lowest BCUT2D eigenvalue weighted by atomic mass is 10.1. The molecule has 0 aliphatic carbocycles. The molecule has 0 spiro atoms. The number of rotatable bonds is 6. The topological polar surface area (TPSA) is 75.4 Å². The van der Waals surface area contributed by atoms with Gasteiger partial charge in [-0.1, -0.05) is 30.3 Å². The van der Waals surface area contributed by atoms with Crippen molar-refractivity contribution in [1.29, 1.82) is 0 Å². The van der Waals surface area contributed by atoms with Gasteiger partial charge in [0.2, 0.25) is 0 Å². The number of aryl methyl sites for hydroxylation is 1. The first-order chi connectivity index (χ1) is 9.66. The lowest BCUT2D eigenvalue weighted by molar-refractivity contribution is 0.0697. The average Bonchev–Trinajstić information content (AvgIpc) is 2.46. The Balaban J connectivity index is 1.88. The summed E-state index contributed by atoms with van der Waals surface area (Å²) in [6.07, 6.45) is 1.94. The predicted octanol–water partition coefficient (Wildman–Crippen LogP) is 3.01. The lowest BCUT2D eigenvalue weighted by Crippen LogP contribution is -2.07. The van der Waals surface area contributed by atoms with E-state index in [4.69, 9.17) is 10.8 Å². The Morgan fingerprint density at radius 3 is 2.60 bits per heavy atom. The summed E-state index contributed by atoms with van der Waals surface area (Å²) in [6.45, 7) is 0.752. The van der Waals surface area contributed by atoms with Gasteiger partial charge in [-0.05, 0) is 36.6 Å². The highest BCUT2D eigenvalue weighted by Gasteiger charge is 2.06. The van der Waals surface area contributed by atoms with Gasteiger partial charge < -0.3 is 16.2 Å². The van der Waals surface area contributed by atoms with Crippen LogP contribution in [0.3, 0.4) is 0 Å². The summed E-state index contributed by atoms with van der Waals surface area (Å²) >= 11 is 0. The quantitative estimate of drug-likeness (QED) is 0.557. The Hall–Kier alpha value is -2.49. The van der Waals surface area contributed by atoms with E-state index in [0.717, 1.165) is 19.4 Å². The maximum atomic E-state index is 10.9. The fraction of sp³-hybridized carbons (Fsp3) is 0.188. The summed E-state index contributed by atoms with van der Waals surface area (Å²) < 4.78 is 0. The van der Waals surface area contributed by atoms with Gasteiger partial charge in [-0.15, -0.1) is 0 Å². The fourth-order valence-electron chi connectivity index (χ4n) is 2.00. The van der Waals surface area contributed by atoms with Crippen LogP contribution in [0.1, 0.15) is 22.3 Å². The zero-order chi connectivity index (χ0) is 14.4. The minimum atomic E-state index is -0.947. The predicted molar refractivity (Wildman–Crippen MR) is 81.1 cm³/mol. The average molecular weight is 270 g/mol. The van der Waals surface area contributed by atoms with Crippen molar-refractivity contribution < 1.29 is 9.90 Å². The first-order valence-electron chi connectivity index (χ1n) is 6.57. The van der Waals surface area contributed by atoms with Gasteiger partial charge in [0.25, 0.3) is 0 Å². The summed E-state index contributed by atoms with van der Waals surface area (Å²) in [5.74, 6) is -0.947. The molecule has 0 fully saturated rings. The Morgan fingerprint density at radius 1 is 1.15 bits per heavy atom. The summed E-state index contributed by atoms with van der Waals surface area (Å²) in [6, 6.07) is 14.9. The smallest absolute Gasteiger partial charge is 0.335 e. The SMILES string of the molecule is Nc1ccc(C(=O)O)cc1NCCCc1ccccc1. The van der Waals surface area contributed by atoms with Gasteiger partial charge in [-0.25, -0.2) is 4.79 Å². The molecular formula is C16H18N2O2. The second-order valence-electron chi connectivity index (χ2n) is 4.62. The number of aromatic carboxylic acids is 1. The van der Waals surface area contributed by atoms with Crippen molar-refractivity contribution >= 4 is 17.3 Å². The third kappa shape index (κ3) is 3.75. The highest BCUT2D eigenvalue weighted by atomic mass is 16.4. The Kier molecular flexibility index (Phi) is 4.60. The van der Waals surface area contributed by atoms with E-state index < -0.39 is 5.97 Å². The van der Waals surface area contributed by atoms with E-state index >= 15 is 0 Å². The normalized spacial score (nSPS) is 10.2.